The Labute approximate surface area is 109 Å². The number of hydrogen-bond donors (Lipinski definition) is 1. The molecule has 1 N–H and O–H groups in total. The average Bonchev–Trinajstić information content (AvgIpc) is 2.54. The number of sulfone groups is 1. The van der Waals surface area contributed by atoms with Crippen molar-refractivity contribution in [1.29, 1.82) is 0 Å². The summed E-state index contributed by atoms with van der Waals surface area (Å²) >= 11 is 0. The standard InChI is InChI=1S/C12H23N3O2S/c1-6-13-12(10(3)18(5,16)17)8-11-7-9(2)14-15(11)4/h7,10,12-13H,6,8H2,1-5H3. The fourth-order valence-corrected chi connectivity index (χ4v) is 2.83. The van der Waals surface area contributed by atoms with Gasteiger partial charge >= 0.3 is 0 Å². The molecule has 0 fully saturated rings. The molecule has 2 unspecified atom stereocenters. The van der Waals surface area contributed by atoms with E-state index in [0.717, 1.165) is 17.9 Å². The Bertz CT molecular complexity index is 493. The Morgan fingerprint density at radius 3 is 2.50 bits per heavy atom. The van der Waals surface area contributed by atoms with Gasteiger partial charge in [0.25, 0.3) is 0 Å². The Kier molecular flexibility index (Phi) is 4.92. The van der Waals surface area contributed by atoms with Gasteiger partial charge in [0.15, 0.2) is 9.84 Å². The van der Waals surface area contributed by atoms with Crippen LogP contribution in [0.4, 0.5) is 0 Å². The second-order valence-electron chi connectivity index (χ2n) is 4.80. The van der Waals surface area contributed by atoms with Crippen molar-refractivity contribution in [3.63, 3.8) is 0 Å². The van der Waals surface area contributed by atoms with Crippen molar-refractivity contribution < 1.29 is 8.42 Å². The lowest BCUT2D eigenvalue weighted by Gasteiger charge is -2.23. The summed E-state index contributed by atoms with van der Waals surface area (Å²) in [6.45, 7) is 6.43. The van der Waals surface area contributed by atoms with Crippen LogP contribution in [-0.2, 0) is 23.3 Å². The van der Waals surface area contributed by atoms with E-state index in [4.69, 9.17) is 0 Å². The second-order valence-corrected chi connectivity index (χ2v) is 7.21. The third-order valence-corrected chi connectivity index (χ3v) is 4.92. The fraction of sp³-hybridized carbons (Fsp3) is 0.750. The predicted molar refractivity (Wildman–Crippen MR) is 73.4 cm³/mol. The zero-order valence-corrected chi connectivity index (χ0v) is 12.6. The van der Waals surface area contributed by atoms with Gasteiger partial charge in [-0.15, -0.1) is 0 Å². The van der Waals surface area contributed by atoms with E-state index in [2.05, 4.69) is 10.4 Å². The SMILES string of the molecule is CCNC(Cc1cc(C)nn1C)C(C)S(C)(=O)=O. The maximum atomic E-state index is 11.7. The van der Waals surface area contributed by atoms with Crippen molar-refractivity contribution >= 4 is 9.84 Å². The number of nitrogens with zero attached hydrogens (tertiary/aromatic N) is 2. The summed E-state index contributed by atoms with van der Waals surface area (Å²) in [6, 6.07) is 1.92. The monoisotopic (exact) mass is 273 g/mol. The van der Waals surface area contributed by atoms with E-state index in [1.54, 1.807) is 6.92 Å². The van der Waals surface area contributed by atoms with Gasteiger partial charge in [-0.2, -0.15) is 5.10 Å². The molecule has 0 bridgehead atoms. The average molecular weight is 273 g/mol. The van der Waals surface area contributed by atoms with Crippen molar-refractivity contribution in [3.05, 3.63) is 17.5 Å². The first-order valence-corrected chi connectivity index (χ1v) is 8.13. The summed E-state index contributed by atoms with van der Waals surface area (Å²) in [4.78, 5) is 0. The van der Waals surface area contributed by atoms with Crippen LogP contribution in [0.5, 0.6) is 0 Å². The van der Waals surface area contributed by atoms with Crippen LogP contribution < -0.4 is 5.32 Å². The molecule has 0 aliphatic carbocycles. The molecule has 0 saturated carbocycles. The molecule has 0 radical (unpaired) electrons. The van der Waals surface area contributed by atoms with Crippen LogP contribution >= 0.6 is 0 Å². The predicted octanol–water partition coefficient (Wildman–Crippen LogP) is 0.682. The molecule has 2 atom stereocenters. The first-order valence-electron chi connectivity index (χ1n) is 6.17. The van der Waals surface area contributed by atoms with E-state index in [1.807, 2.05) is 31.6 Å². The van der Waals surface area contributed by atoms with Crippen LogP contribution in [0.1, 0.15) is 25.2 Å². The largest absolute Gasteiger partial charge is 0.313 e. The van der Waals surface area contributed by atoms with Crippen molar-refractivity contribution in [2.45, 2.75) is 38.5 Å². The lowest BCUT2D eigenvalue weighted by molar-refractivity contribution is 0.482. The highest BCUT2D eigenvalue weighted by molar-refractivity contribution is 7.91. The number of rotatable bonds is 6. The molecule has 0 saturated heterocycles. The highest BCUT2D eigenvalue weighted by atomic mass is 32.2. The van der Waals surface area contributed by atoms with Gasteiger partial charge in [0.2, 0.25) is 0 Å². The fourth-order valence-electron chi connectivity index (χ4n) is 2.05. The van der Waals surface area contributed by atoms with Crippen LogP contribution in [0, 0.1) is 6.92 Å². The number of nitrogens with one attached hydrogen (secondary N) is 1. The third kappa shape index (κ3) is 3.81. The Hall–Kier alpha value is -0.880. The van der Waals surface area contributed by atoms with E-state index >= 15 is 0 Å². The van der Waals surface area contributed by atoms with Gasteiger partial charge in [-0.25, -0.2) is 8.42 Å². The molecule has 1 aromatic heterocycles. The molecule has 1 heterocycles. The summed E-state index contributed by atoms with van der Waals surface area (Å²) in [5.74, 6) is 0. The van der Waals surface area contributed by atoms with Gasteiger partial charge in [-0.3, -0.25) is 4.68 Å². The first kappa shape index (κ1) is 15.2. The van der Waals surface area contributed by atoms with Crippen molar-refractivity contribution in [1.82, 2.24) is 15.1 Å². The first-order chi connectivity index (χ1) is 8.25. The minimum Gasteiger partial charge on any atom is -0.313 e. The van der Waals surface area contributed by atoms with Gasteiger partial charge in [0, 0.05) is 31.5 Å². The zero-order valence-electron chi connectivity index (χ0n) is 11.8. The minimum absolute atomic E-state index is 0.0835. The quantitative estimate of drug-likeness (QED) is 0.828. The van der Waals surface area contributed by atoms with Crippen molar-refractivity contribution in [3.8, 4) is 0 Å². The Morgan fingerprint density at radius 1 is 1.50 bits per heavy atom. The summed E-state index contributed by atoms with van der Waals surface area (Å²) in [5, 5.41) is 7.13. The molecule has 0 spiro atoms. The number of aryl methyl sites for hydroxylation is 2. The van der Waals surface area contributed by atoms with Crippen LogP contribution in [0.3, 0.4) is 0 Å². The van der Waals surface area contributed by atoms with Gasteiger partial charge < -0.3 is 5.32 Å². The van der Waals surface area contributed by atoms with Crippen LogP contribution in [0.15, 0.2) is 6.07 Å². The zero-order chi connectivity index (χ0) is 13.9. The molecular weight excluding hydrogens is 250 g/mol. The lowest BCUT2D eigenvalue weighted by atomic mass is 10.1. The van der Waals surface area contributed by atoms with Crippen LogP contribution in [0.25, 0.3) is 0 Å². The normalized spacial score (nSPS) is 15.6. The van der Waals surface area contributed by atoms with E-state index in [1.165, 1.54) is 6.26 Å². The molecule has 0 aliphatic heterocycles. The molecule has 0 amide bonds. The lowest BCUT2D eigenvalue weighted by Crippen LogP contribution is -2.44. The van der Waals surface area contributed by atoms with Gasteiger partial charge in [0.1, 0.15) is 0 Å². The molecule has 6 heteroatoms. The number of likely N-dealkylation sites (N-methyl/N-ethyl adjacent to an activating group) is 1. The highest BCUT2D eigenvalue weighted by Crippen LogP contribution is 2.12. The van der Waals surface area contributed by atoms with E-state index in [-0.39, 0.29) is 6.04 Å². The number of hydrogen-bond acceptors (Lipinski definition) is 4. The molecular formula is C12H23N3O2S. The molecule has 0 aromatic carbocycles. The Morgan fingerprint density at radius 2 is 2.11 bits per heavy atom. The molecule has 1 aromatic rings. The minimum atomic E-state index is -3.04. The van der Waals surface area contributed by atoms with E-state index in [0.29, 0.717) is 6.42 Å². The summed E-state index contributed by atoms with van der Waals surface area (Å²) in [5.41, 5.74) is 2.00. The summed E-state index contributed by atoms with van der Waals surface area (Å²) < 4.78 is 25.1. The molecule has 0 aliphatic rings. The van der Waals surface area contributed by atoms with Gasteiger partial charge in [-0.1, -0.05) is 6.92 Å². The van der Waals surface area contributed by atoms with Gasteiger partial charge in [-0.05, 0) is 26.5 Å². The highest BCUT2D eigenvalue weighted by Gasteiger charge is 2.26. The second kappa shape index (κ2) is 5.84. The van der Waals surface area contributed by atoms with Crippen molar-refractivity contribution in [2.75, 3.05) is 12.8 Å². The van der Waals surface area contributed by atoms with E-state index < -0.39 is 15.1 Å². The maximum absolute atomic E-state index is 11.7. The maximum Gasteiger partial charge on any atom is 0.151 e. The van der Waals surface area contributed by atoms with E-state index in [9.17, 15) is 8.42 Å². The van der Waals surface area contributed by atoms with Gasteiger partial charge in [0.05, 0.1) is 10.9 Å². The molecule has 104 valence electrons. The van der Waals surface area contributed by atoms with Crippen LogP contribution in [0.2, 0.25) is 0 Å². The van der Waals surface area contributed by atoms with Crippen molar-refractivity contribution in [2.24, 2.45) is 7.05 Å². The molecule has 1 rings (SSSR count). The molecule has 5 nitrogen and oxygen atoms in total. The topological polar surface area (TPSA) is 64.0 Å². The summed E-state index contributed by atoms with van der Waals surface area (Å²) in [6.07, 6.45) is 1.95. The van der Waals surface area contributed by atoms with Crippen LogP contribution in [-0.4, -0.2) is 42.3 Å². The molecule has 18 heavy (non-hydrogen) atoms. The third-order valence-electron chi connectivity index (χ3n) is 3.24. The summed E-state index contributed by atoms with van der Waals surface area (Å²) in [7, 11) is -1.16. The smallest absolute Gasteiger partial charge is 0.151 e. The number of aromatic nitrogens is 2. The Balaban J connectivity index is 2.90.